The first-order valence-electron chi connectivity index (χ1n) is 6.64. The molecule has 2 rings (SSSR count). The van der Waals surface area contributed by atoms with Gasteiger partial charge >= 0.3 is 0 Å². The number of carbonyl (C=O) groups excluding carboxylic acids is 1. The maximum absolute atomic E-state index is 13.7. The van der Waals surface area contributed by atoms with Gasteiger partial charge in [-0.25, -0.2) is 4.39 Å². The summed E-state index contributed by atoms with van der Waals surface area (Å²) in [6, 6.07) is 6.71. The van der Waals surface area contributed by atoms with Gasteiger partial charge in [-0.1, -0.05) is 18.2 Å². The topological polar surface area (TPSA) is 29.5 Å². The maximum atomic E-state index is 13.7. The molecule has 0 aromatic heterocycles. The van der Waals surface area contributed by atoms with Gasteiger partial charge in [-0.3, -0.25) is 9.69 Å². The summed E-state index contributed by atoms with van der Waals surface area (Å²) in [6.45, 7) is 3.57. The number of benzene rings is 1. The third-order valence-corrected chi connectivity index (χ3v) is 3.79. The largest absolute Gasteiger partial charge is 0.380 e. The Morgan fingerprint density at radius 3 is 2.89 bits per heavy atom. The van der Waals surface area contributed by atoms with Crippen molar-refractivity contribution in [3.8, 4) is 0 Å². The molecule has 2 atom stereocenters. The van der Waals surface area contributed by atoms with Crippen LogP contribution < -0.4 is 0 Å². The number of hydrogen-bond donors (Lipinski definition) is 0. The fourth-order valence-electron chi connectivity index (χ4n) is 2.41. The van der Waals surface area contributed by atoms with Crippen LogP contribution >= 0.6 is 0 Å². The molecule has 1 aliphatic heterocycles. The fraction of sp³-hybridized carbons (Fsp3) is 0.533. The van der Waals surface area contributed by atoms with E-state index in [1.807, 2.05) is 24.9 Å². The van der Waals surface area contributed by atoms with Crippen LogP contribution in [0.5, 0.6) is 0 Å². The smallest absolute Gasteiger partial charge is 0.141 e. The van der Waals surface area contributed by atoms with Crippen LogP contribution in [0.25, 0.3) is 0 Å². The standard InChI is InChI=1S/C15H20FNO2/c1-11(13-5-3-4-6-14(13)16)17(2)9-12-10-19-8-7-15(12)18/h3-6,11-12H,7-10H2,1-2H3. The Balaban J connectivity index is 2.01. The number of nitrogens with zero attached hydrogens (tertiary/aromatic N) is 1. The minimum atomic E-state index is -0.201. The van der Waals surface area contributed by atoms with Crippen LogP contribution in [-0.4, -0.2) is 37.5 Å². The van der Waals surface area contributed by atoms with Gasteiger partial charge in [0.25, 0.3) is 0 Å². The van der Waals surface area contributed by atoms with Gasteiger partial charge in [0.1, 0.15) is 11.6 Å². The fourth-order valence-corrected chi connectivity index (χ4v) is 2.41. The van der Waals surface area contributed by atoms with Crippen molar-refractivity contribution in [3.63, 3.8) is 0 Å². The van der Waals surface area contributed by atoms with Crippen LogP contribution in [0.2, 0.25) is 0 Å². The molecule has 0 spiro atoms. The van der Waals surface area contributed by atoms with Gasteiger partial charge in [0, 0.05) is 24.6 Å². The summed E-state index contributed by atoms with van der Waals surface area (Å²) in [7, 11) is 1.92. The van der Waals surface area contributed by atoms with E-state index in [0.717, 1.165) is 0 Å². The van der Waals surface area contributed by atoms with Crippen LogP contribution in [0.3, 0.4) is 0 Å². The lowest BCUT2D eigenvalue weighted by molar-refractivity contribution is -0.131. The summed E-state index contributed by atoms with van der Waals surface area (Å²) < 4.78 is 19.1. The summed E-state index contributed by atoms with van der Waals surface area (Å²) in [4.78, 5) is 13.8. The van der Waals surface area contributed by atoms with E-state index < -0.39 is 0 Å². The maximum Gasteiger partial charge on any atom is 0.141 e. The minimum absolute atomic E-state index is 0.0593. The molecular formula is C15H20FNO2. The summed E-state index contributed by atoms with van der Waals surface area (Å²) >= 11 is 0. The quantitative estimate of drug-likeness (QED) is 0.837. The highest BCUT2D eigenvalue weighted by molar-refractivity contribution is 5.82. The molecule has 1 aromatic rings. The van der Waals surface area contributed by atoms with Crippen molar-refractivity contribution >= 4 is 5.78 Å². The van der Waals surface area contributed by atoms with Gasteiger partial charge in [0.05, 0.1) is 19.1 Å². The number of ether oxygens (including phenoxy) is 1. The first-order valence-corrected chi connectivity index (χ1v) is 6.64. The first kappa shape index (κ1) is 14.2. The summed E-state index contributed by atoms with van der Waals surface area (Å²) in [5.41, 5.74) is 0.661. The molecule has 4 heteroatoms. The number of ketones is 1. The monoisotopic (exact) mass is 265 g/mol. The molecule has 0 amide bonds. The molecule has 0 radical (unpaired) electrons. The van der Waals surface area contributed by atoms with Crippen molar-refractivity contribution < 1.29 is 13.9 Å². The molecule has 0 N–H and O–H groups in total. The highest BCUT2D eigenvalue weighted by Gasteiger charge is 2.26. The van der Waals surface area contributed by atoms with Crippen LogP contribution in [0.1, 0.15) is 24.9 Å². The average Bonchev–Trinajstić information content (AvgIpc) is 2.41. The predicted octanol–water partition coefficient (Wildman–Crippen LogP) is 2.42. The van der Waals surface area contributed by atoms with E-state index in [4.69, 9.17) is 4.74 Å². The molecular weight excluding hydrogens is 245 g/mol. The van der Waals surface area contributed by atoms with E-state index >= 15 is 0 Å². The van der Waals surface area contributed by atoms with E-state index in [1.165, 1.54) is 6.07 Å². The molecule has 3 nitrogen and oxygen atoms in total. The van der Waals surface area contributed by atoms with Gasteiger partial charge in [-0.2, -0.15) is 0 Å². The van der Waals surface area contributed by atoms with Gasteiger partial charge in [0.2, 0.25) is 0 Å². The molecule has 19 heavy (non-hydrogen) atoms. The van der Waals surface area contributed by atoms with E-state index in [-0.39, 0.29) is 23.6 Å². The molecule has 1 aromatic carbocycles. The molecule has 1 saturated heterocycles. The zero-order valence-corrected chi connectivity index (χ0v) is 11.4. The number of hydrogen-bond acceptors (Lipinski definition) is 3. The highest BCUT2D eigenvalue weighted by atomic mass is 19.1. The van der Waals surface area contributed by atoms with Gasteiger partial charge < -0.3 is 4.74 Å². The molecule has 0 bridgehead atoms. The van der Waals surface area contributed by atoms with Crippen LogP contribution in [0.15, 0.2) is 24.3 Å². The zero-order valence-electron chi connectivity index (χ0n) is 11.4. The molecule has 104 valence electrons. The van der Waals surface area contributed by atoms with Gasteiger partial charge in [-0.15, -0.1) is 0 Å². The van der Waals surface area contributed by atoms with Crippen LogP contribution in [0, 0.1) is 11.7 Å². The zero-order chi connectivity index (χ0) is 13.8. The third kappa shape index (κ3) is 3.39. The number of halogens is 1. The van der Waals surface area contributed by atoms with Crippen molar-refractivity contribution in [1.29, 1.82) is 0 Å². The van der Waals surface area contributed by atoms with Crippen molar-refractivity contribution in [3.05, 3.63) is 35.6 Å². The van der Waals surface area contributed by atoms with Gasteiger partial charge in [-0.05, 0) is 20.0 Å². The SMILES string of the molecule is CC(c1ccccc1F)N(C)CC1COCCC1=O. The molecule has 1 heterocycles. The third-order valence-electron chi connectivity index (χ3n) is 3.79. The Kier molecular flexibility index (Phi) is 4.66. The second-order valence-corrected chi connectivity index (χ2v) is 5.13. The number of carbonyl (C=O) groups is 1. The van der Waals surface area contributed by atoms with Crippen LogP contribution in [0.4, 0.5) is 4.39 Å². The van der Waals surface area contributed by atoms with Crippen molar-refractivity contribution in [1.82, 2.24) is 4.90 Å². The first-order chi connectivity index (χ1) is 9.09. The Morgan fingerprint density at radius 2 is 2.21 bits per heavy atom. The van der Waals surface area contributed by atoms with Crippen molar-refractivity contribution in [2.45, 2.75) is 19.4 Å². The summed E-state index contributed by atoms with van der Waals surface area (Å²) in [6.07, 6.45) is 0.493. The number of Topliss-reactive ketones (excluding diaryl/α,β-unsaturated/α-hetero) is 1. The highest BCUT2D eigenvalue weighted by Crippen LogP contribution is 2.23. The number of rotatable bonds is 4. The van der Waals surface area contributed by atoms with E-state index in [2.05, 4.69) is 0 Å². The van der Waals surface area contributed by atoms with Gasteiger partial charge in [0.15, 0.2) is 0 Å². The Labute approximate surface area is 113 Å². The average molecular weight is 265 g/mol. The van der Waals surface area contributed by atoms with Crippen molar-refractivity contribution in [2.75, 3.05) is 26.8 Å². The molecule has 2 unspecified atom stereocenters. The Morgan fingerprint density at radius 1 is 1.47 bits per heavy atom. The summed E-state index contributed by atoms with van der Waals surface area (Å²) in [5.74, 6) is -0.0418. The lowest BCUT2D eigenvalue weighted by atomic mass is 9.98. The Bertz CT molecular complexity index is 450. The normalized spacial score (nSPS) is 21.7. The predicted molar refractivity (Wildman–Crippen MR) is 71.4 cm³/mol. The Hall–Kier alpha value is -1.26. The lowest BCUT2D eigenvalue weighted by Crippen LogP contribution is -2.38. The van der Waals surface area contributed by atoms with Crippen molar-refractivity contribution in [2.24, 2.45) is 5.92 Å². The lowest BCUT2D eigenvalue weighted by Gasteiger charge is -2.30. The van der Waals surface area contributed by atoms with E-state index in [0.29, 0.717) is 31.7 Å². The second kappa shape index (κ2) is 6.26. The molecule has 0 aliphatic carbocycles. The molecule has 0 saturated carbocycles. The molecule has 1 aliphatic rings. The molecule has 1 fully saturated rings. The second-order valence-electron chi connectivity index (χ2n) is 5.13. The summed E-state index contributed by atoms with van der Waals surface area (Å²) in [5, 5.41) is 0. The van der Waals surface area contributed by atoms with E-state index in [9.17, 15) is 9.18 Å². The minimum Gasteiger partial charge on any atom is -0.380 e. The van der Waals surface area contributed by atoms with Crippen LogP contribution in [-0.2, 0) is 9.53 Å². The van der Waals surface area contributed by atoms with E-state index in [1.54, 1.807) is 12.1 Å².